The van der Waals surface area contributed by atoms with E-state index in [2.05, 4.69) is 21.3 Å². The average molecular weight is 794 g/mol. The van der Waals surface area contributed by atoms with Crippen LogP contribution in [0.25, 0.3) is 0 Å². The molecule has 4 heterocycles. The highest BCUT2D eigenvalue weighted by Crippen LogP contribution is 2.28. The number of halogens is 2. The standard InChI is InChI=1S/C40H49F2N7O8/c1-22-9-11-28(12-10-22)44-40(56)46-29(18-25-16-26(41)19-27(42)17-25)34(50)45-30-21-57-39(55)33-15-23(2)20-49(33)36(52)24(3)43-35(51)31-7-4-5-13-47(31)38(54)32-8-6-14-48(32)37(30)53/h9-12,16-17,19,23-24,29-33H,4-8,13-15,18,20-21H2,1-3H3,(H,43,51)(H,45,50)(H2,44,46,56)/t23-,24-,29-,30-,31-,32-,33-/m0/s1. The van der Waals surface area contributed by atoms with Gasteiger partial charge >= 0.3 is 12.0 Å². The minimum Gasteiger partial charge on any atom is -0.461 e. The predicted octanol–water partition coefficient (Wildman–Crippen LogP) is 2.16. The van der Waals surface area contributed by atoms with Crippen molar-refractivity contribution in [3.05, 3.63) is 65.2 Å². The molecule has 0 radical (unpaired) electrons. The number of piperidine rings is 1. The molecule has 0 aliphatic carbocycles. The molecule has 17 heteroatoms. The van der Waals surface area contributed by atoms with Gasteiger partial charge in [0.15, 0.2) is 0 Å². The zero-order valence-electron chi connectivity index (χ0n) is 32.2. The number of carbonyl (C=O) groups is 7. The summed E-state index contributed by atoms with van der Waals surface area (Å²) in [4.78, 5) is 101. The largest absolute Gasteiger partial charge is 0.461 e. The van der Waals surface area contributed by atoms with Crippen LogP contribution < -0.4 is 21.3 Å². The summed E-state index contributed by atoms with van der Waals surface area (Å²) in [6, 6.07) is 1.63. The van der Waals surface area contributed by atoms with Gasteiger partial charge in [0.2, 0.25) is 29.5 Å². The highest BCUT2D eigenvalue weighted by Gasteiger charge is 2.46. The van der Waals surface area contributed by atoms with Gasteiger partial charge in [0, 0.05) is 37.8 Å². The Morgan fingerprint density at radius 1 is 0.842 bits per heavy atom. The van der Waals surface area contributed by atoms with E-state index in [1.165, 1.54) is 21.6 Å². The number of nitrogens with one attached hydrogen (secondary N) is 4. The summed E-state index contributed by atoms with van der Waals surface area (Å²) in [5.41, 5.74) is 1.36. The first-order chi connectivity index (χ1) is 27.2. The fourth-order valence-electron chi connectivity index (χ4n) is 8.12. The number of amides is 7. The fourth-order valence-corrected chi connectivity index (χ4v) is 8.12. The molecule has 15 nitrogen and oxygen atoms in total. The highest BCUT2D eigenvalue weighted by molar-refractivity contribution is 5.98. The van der Waals surface area contributed by atoms with E-state index >= 15 is 0 Å². The lowest BCUT2D eigenvalue weighted by Crippen LogP contribution is -2.62. The van der Waals surface area contributed by atoms with E-state index in [-0.39, 0.29) is 44.0 Å². The van der Waals surface area contributed by atoms with Crippen LogP contribution in [0, 0.1) is 24.5 Å². The van der Waals surface area contributed by atoms with E-state index in [9.17, 15) is 42.3 Å². The molecule has 4 N–H and O–H groups in total. The van der Waals surface area contributed by atoms with Gasteiger partial charge in [0.25, 0.3) is 0 Å². The molecular formula is C40H49F2N7O8. The monoisotopic (exact) mass is 793 g/mol. The predicted molar refractivity (Wildman–Crippen MR) is 201 cm³/mol. The van der Waals surface area contributed by atoms with Gasteiger partial charge in [0.05, 0.1) is 0 Å². The number of nitrogens with zero attached hydrogens (tertiary/aromatic N) is 3. The van der Waals surface area contributed by atoms with Gasteiger partial charge < -0.3 is 40.7 Å². The maximum absolute atomic E-state index is 14.5. The quantitative estimate of drug-likeness (QED) is 0.321. The summed E-state index contributed by atoms with van der Waals surface area (Å²) in [6.45, 7) is 5.16. The molecule has 0 aromatic heterocycles. The second kappa shape index (κ2) is 17.7. The van der Waals surface area contributed by atoms with Crippen LogP contribution in [0.5, 0.6) is 0 Å². The third kappa shape index (κ3) is 9.68. The maximum atomic E-state index is 14.5. The molecule has 6 rings (SSSR count). The number of anilines is 1. The minimum absolute atomic E-state index is 0.0266. The lowest BCUT2D eigenvalue weighted by molar-refractivity contribution is -0.158. The topological polar surface area (TPSA) is 187 Å². The molecule has 4 aliphatic rings. The molecule has 306 valence electrons. The van der Waals surface area contributed by atoms with Crippen molar-refractivity contribution in [1.29, 1.82) is 0 Å². The molecule has 2 aromatic rings. The molecule has 4 saturated heterocycles. The number of cyclic esters (lactones) is 1. The number of rotatable bonds is 6. The third-order valence-electron chi connectivity index (χ3n) is 11.0. The van der Waals surface area contributed by atoms with Crippen LogP contribution in [0.1, 0.15) is 63.5 Å². The molecule has 57 heavy (non-hydrogen) atoms. The van der Waals surface area contributed by atoms with E-state index < -0.39 is 102 Å². The number of hydrogen-bond donors (Lipinski definition) is 4. The van der Waals surface area contributed by atoms with Crippen LogP contribution in [0.3, 0.4) is 0 Å². The highest BCUT2D eigenvalue weighted by atomic mass is 19.1. The number of carbonyl (C=O) groups excluding carboxylic acids is 7. The minimum atomic E-state index is -1.58. The summed E-state index contributed by atoms with van der Waals surface area (Å²) in [7, 11) is 0. The Balaban J connectivity index is 1.31. The van der Waals surface area contributed by atoms with E-state index in [0.717, 1.165) is 17.7 Å². The van der Waals surface area contributed by atoms with Crippen molar-refractivity contribution >= 4 is 47.2 Å². The Kier molecular flexibility index (Phi) is 12.7. The number of fused-ring (bicyclic) bond motifs is 3. The van der Waals surface area contributed by atoms with Crippen molar-refractivity contribution in [3.63, 3.8) is 0 Å². The molecule has 7 amide bonds. The van der Waals surface area contributed by atoms with Crippen molar-refractivity contribution in [2.45, 2.75) is 102 Å². The molecule has 0 spiro atoms. The van der Waals surface area contributed by atoms with Crippen molar-refractivity contribution < 1.29 is 47.1 Å². The Hall–Kier alpha value is -5.61. The third-order valence-corrected chi connectivity index (χ3v) is 11.0. The number of urea groups is 1. The smallest absolute Gasteiger partial charge is 0.328 e. The molecule has 0 saturated carbocycles. The average Bonchev–Trinajstić information content (AvgIpc) is 3.82. The number of benzene rings is 2. The molecule has 0 unspecified atom stereocenters. The van der Waals surface area contributed by atoms with E-state index in [1.807, 2.05) is 13.8 Å². The molecule has 0 bridgehead atoms. The molecule has 7 atom stereocenters. The number of esters is 1. The van der Waals surface area contributed by atoms with Crippen LogP contribution in [-0.2, 0) is 39.9 Å². The van der Waals surface area contributed by atoms with Gasteiger partial charge in [-0.3, -0.25) is 24.0 Å². The zero-order chi connectivity index (χ0) is 41.0. The van der Waals surface area contributed by atoms with Crippen molar-refractivity contribution in [3.8, 4) is 0 Å². The Morgan fingerprint density at radius 2 is 1.51 bits per heavy atom. The first kappa shape index (κ1) is 41.0. The fraction of sp³-hybridized carbons (Fsp3) is 0.525. The van der Waals surface area contributed by atoms with Gasteiger partial charge in [-0.25, -0.2) is 18.4 Å². The van der Waals surface area contributed by atoms with E-state index in [0.29, 0.717) is 37.4 Å². The van der Waals surface area contributed by atoms with Gasteiger partial charge in [0.1, 0.15) is 54.5 Å². The van der Waals surface area contributed by atoms with Gasteiger partial charge in [-0.1, -0.05) is 24.6 Å². The summed E-state index contributed by atoms with van der Waals surface area (Å²) in [5.74, 6) is -5.92. The van der Waals surface area contributed by atoms with E-state index in [1.54, 1.807) is 24.3 Å². The van der Waals surface area contributed by atoms with Crippen molar-refractivity contribution in [2.75, 3.05) is 31.6 Å². The summed E-state index contributed by atoms with van der Waals surface area (Å²) >= 11 is 0. The summed E-state index contributed by atoms with van der Waals surface area (Å²) < 4.78 is 34.2. The lowest BCUT2D eigenvalue weighted by atomic mass is 9.99. The second-order valence-electron chi connectivity index (χ2n) is 15.5. The number of hydrogen-bond acceptors (Lipinski definition) is 8. The van der Waals surface area contributed by atoms with Crippen molar-refractivity contribution in [2.24, 2.45) is 5.92 Å². The zero-order valence-corrected chi connectivity index (χ0v) is 32.2. The Labute approximate surface area is 329 Å². The first-order valence-corrected chi connectivity index (χ1v) is 19.5. The maximum Gasteiger partial charge on any atom is 0.328 e. The van der Waals surface area contributed by atoms with E-state index in [4.69, 9.17) is 4.74 Å². The Bertz CT molecular complexity index is 1880. The van der Waals surface area contributed by atoms with Crippen LogP contribution in [-0.4, -0.2) is 119 Å². The SMILES string of the molecule is Cc1ccc(NC(=O)N[C@@H](Cc2cc(F)cc(F)c2)C(=O)N[C@H]2COC(=O)[C@@H]3C[C@H](C)CN3C(=O)[C@H](C)NC(=O)[C@@H]3CCCCN3C(=O)[C@@H]3CCCN3C2=O)cc1. The van der Waals surface area contributed by atoms with Crippen LogP contribution >= 0.6 is 0 Å². The summed E-state index contributed by atoms with van der Waals surface area (Å²) in [5, 5.41) is 10.5. The Morgan fingerprint density at radius 3 is 2.23 bits per heavy atom. The van der Waals surface area contributed by atoms with Gasteiger partial charge in [-0.05, 0) is 88.1 Å². The van der Waals surface area contributed by atoms with Crippen LogP contribution in [0.4, 0.5) is 19.3 Å². The van der Waals surface area contributed by atoms with Crippen LogP contribution in [0.15, 0.2) is 42.5 Å². The van der Waals surface area contributed by atoms with Gasteiger partial charge in [-0.15, -0.1) is 0 Å². The molecule has 4 fully saturated rings. The number of aryl methyl sites for hydroxylation is 1. The normalized spacial score (nSPS) is 26.5. The summed E-state index contributed by atoms with van der Waals surface area (Å²) in [6.07, 6.45) is 2.21. The number of ether oxygens (including phenoxy) is 1. The first-order valence-electron chi connectivity index (χ1n) is 19.5. The van der Waals surface area contributed by atoms with Crippen molar-refractivity contribution in [1.82, 2.24) is 30.7 Å². The second-order valence-corrected chi connectivity index (χ2v) is 15.5. The van der Waals surface area contributed by atoms with Gasteiger partial charge in [-0.2, -0.15) is 0 Å². The lowest BCUT2D eigenvalue weighted by Gasteiger charge is -2.39. The molecule has 4 aliphatic heterocycles. The van der Waals surface area contributed by atoms with Crippen LogP contribution in [0.2, 0.25) is 0 Å². The molecular weight excluding hydrogens is 744 g/mol. The molecule has 2 aromatic carbocycles.